The summed E-state index contributed by atoms with van der Waals surface area (Å²) in [7, 11) is 0. The van der Waals surface area contributed by atoms with Gasteiger partial charge >= 0.3 is 0 Å². The molecule has 0 aliphatic carbocycles. The molecule has 1 aromatic carbocycles. The lowest BCUT2D eigenvalue weighted by Gasteiger charge is -2.17. The molecular weight excluding hydrogens is 203 g/mol. The number of hydrogen-bond acceptors (Lipinski definition) is 2. The van der Waals surface area contributed by atoms with Crippen LogP contribution in [0.3, 0.4) is 0 Å². The minimum absolute atomic E-state index is 0.133. The lowest BCUT2D eigenvalue weighted by molar-refractivity contribution is 0.224. The second-order valence-electron chi connectivity index (χ2n) is 4.52. The second-order valence-corrected chi connectivity index (χ2v) is 4.52. The summed E-state index contributed by atoms with van der Waals surface area (Å²) in [6.07, 6.45) is 0.103. The molecule has 16 heavy (non-hydrogen) atoms. The molecule has 2 unspecified atom stereocenters. The van der Waals surface area contributed by atoms with E-state index in [9.17, 15) is 4.39 Å². The van der Waals surface area contributed by atoms with E-state index in [1.165, 1.54) is 5.56 Å². The number of hydrogen-bond donors (Lipinski definition) is 1. The molecule has 1 aliphatic heterocycles. The highest BCUT2D eigenvalue weighted by Crippen LogP contribution is 2.22. The van der Waals surface area contributed by atoms with Crippen LogP contribution in [0.25, 0.3) is 0 Å². The average molecular weight is 222 g/mol. The molecule has 3 heteroatoms. The van der Waals surface area contributed by atoms with Crippen molar-refractivity contribution >= 4 is 0 Å². The van der Waals surface area contributed by atoms with E-state index in [1.54, 1.807) is 0 Å². The number of alkyl halides is 1. The van der Waals surface area contributed by atoms with Crippen LogP contribution in [0.2, 0.25) is 0 Å². The Morgan fingerprint density at radius 2 is 2.12 bits per heavy atom. The van der Waals surface area contributed by atoms with Crippen molar-refractivity contribution in [2.45, 2.75) is 19.1 Å². The first-order valence-corrected chi connectivity index (χ1v) is 5.90. The Morgan fingerprint density at radius 3 is 2.81 bits per heavy atom. The van der Waals surface area contributed by atoms with E-state index in [0.717, 1.165) is 26.1 Å². The predicted octanol–water partition coefficient (Wildman–Crippen LogP) is 1.81. The summed E-state index contributed by atoms with van der Waals surface area (Å²) in [5.41, 5.74) is 6.65. The van der Waals surface area contributed by atoms with Gasteiger partial charge in [0.2, 0.25) is 0 Å². The first-order chi connectivity index (χ1) is 7.79. The van der Waals surface area contributed by atoms with Gasteiger partial charge < -0.3 is 5.73 Å². The highest BCUT2D eigenvalue weighted by Gasteiger charge is 2.28. The molecule has 2 rings (SSSR count). The van der Waals surface area contributed by atoms with E-state index in [4.69, 9.17) is 5.73 Å². The molecule has 2 nitrogen and oxygen atoms in total. The van der Waals surface area contributed by atoms with Crippen LogP contribution < -0.4 is 5.73 Å². The van der Waals surface area contributed by atoms with E-state index in [0.29, 0.717) is 0 Å². The van der Waals surface area contributed by atoms with Crippen LogP contribution in [0, 0.1) is 5.92 Å². The van der Waals surface area contributed by atoms with Crippen molar-refractivity contribution < 1.29 is 4.39 Å². The molecule has 1 aliphatic rings. The molecule has 1 aromatic rings. The minimum Gasteiger partial charge on any atom is -0.328 e. The zero-order valence-corrected chi connectivity index (χ0v) is 9.48. The molecule has 1 fully saturated rings. The maximum Gasteiger partial charge on any atom is 0.116 e. The van der Waals surface area contributed by atoms with Crippen LogP contribution in [0.5, 0.6) is 0 Å². The molecule has 0 bridgehead atoms. The first-order valence-electron chi connectivity index (χ1n) is 5.90. The molecule has 0 saturated carbocycles. The second kappa shape index (κ2) is 5.41. The lowest BCUT2D eigenvalue weighted by atomic mass is 10.0. The van der Waals surface area contributed by atoms with Gasteiger partial charge in [-0.3, -0.25) is 4.90 Å². The SMILES string of the molecule is NCC(F)C1CCN(Cc2ccccc2)C1. The molecule has 88 valence electrons. The maximum absolute atomic E-state index is 13.4. The number of likely N-dealkylation sites (tertiary alicyclic amines) is 1. The van der Waals surface area contributed by atoms with Crippen molar-refractivity contribution in [3.8, 4) is 0 Å². The Morgan fingerprint density at radius 1 is 1.38 bits per heavy atom. The first kappa shape index (κ1) is 11.6. The molecule has 2 atom stereocenters. The van der Waals surface area contributed by atoms with Crippen molar-refractivity contribution in [2.24, 2.45) is 11.7 Å². The number of nitrogens with two attached hydrogens (primary N) is 1. The highest BCUT2D eigenvalue weighted by atomic mass is 19.1. The average Bonchev–Trinajstić information content (AvgIpc) is 2.78. The van der Waals surface area contributed by atoms with Crippen LogP contribution in [-0.2, 0) is 6.54 Å². The normalized spacial score (nSPS) is 23.5. The van der Waals surface area contributed by atoms with Crippen molar-refractivity contribution in [1.29, 1.82) is 0 Å². The Kier molecular flexibility index (Phi) is 3.91. The molecule has 0 aromatic heterocycles. The maximum atomic E-state index is 13.4. The number of nitrogens with zero attached hydrogens (tertiary/aromatic N) is 1. The smallest absolute Gasteiger partial charge is 0.116 e. The van der Waals surface area contributed by atoms with Gasteiger partial charge in [0.1, 0.15) is 6.17 Å². The van der Waals surface area contributed by atoms with Gasteiger partial charge in [0.05, 0.1) is 0 Å². The summed E-state index contributed by atoms with van der Waals surface area (Å²) in [6, 6.07) is 10.3. The third kappa shape index (κ3) is 2.80. The quantitative estimate of drug-likeness (QED) is 0.841. The molecule has 2 N–H and O–H groups in total. The third-order valence-corrected chi connectivity index (χ3v) is 3.29. The third-order valence-electron chi connectivity index (χ3n) is 3.29. The minimum atomic E-state index is -0.833. The topological polar surface area (TPSA) is 29.3 Å². The fourth-order valence-electron chi connectivity index (χ4n) is 2.34. The van der Waals surface area contributed by atoms with Gasteiger partial charge in [0, 0.05) is 25.6 Å². The summed E-state index contributed by atoms with van der Waals surface area (Å²) in [5.74, 6) is 0.133. The fraction of sp³-hybridized carbons (Fsp3) is 0.538. The lowest BCUT2D eigenvalue weighted by Crippen LogP contribution is -2.28. The summed E-state index contributed by atoms with van der Waals surface area (Å²) in [4.78, 5) is 2.31. The Bertz CT molecular complexity index is 315. The number of halogens is 1. The van der Waals surface area contributed by atoms with E-state index in [1.807, 2.05) is 18.2 Å². The Balaban J connectivity index is 1.85. The number of rotatable bonds is 4. The fourth-order valence-corrected chi connectivity index (χ4v) is 2.34. The summed E-state index contributed by atoms with van der Waals surface area (Å²) in [6.45, 7) is 2.91. The monoisotopic (exact) mass is 222 g/mol. The highest BCUT2D eigenvalue weighted by molar-refractivity contribution is 5.14. The van der Waals surface area contributed by atoms with Gasteiger partial charge in [-0.05, 0) is 18.5 Å². The summed E-state index contributed by atoms with van der Waals surface area (Å²) in [5, 5.41) is 0. The largest absolute Gasteiger partial charge is 0.328 e. The van der Waals surface area contributed by atoms with Crippen LogP contribution >= 0.6 is 0 Å². The standard InChI is InChI=1S/C13H19FN2/c14-13(8-15)12-6-7-16(10-12)9-11-4-2-1-3-5-11/h1-5,12-13H,6-10,15H2. The Hall–Kier alpha value is -0.930. The van der Waals surface area contributed by atoms with Crippen LogP contribution in [-0.4, -0.2) is 30.7 Å². The van der Waals surface area contributed by atoms with Gasteiger partial charge in [0.25, 0.3) is 0 Å². The zero-order chi connectivity index (χ0) is 11.4. The summed E-state index contributed by atoms with van der Waals surface area (Å²) < 4.78 is 13.4. The van der Waals surface area contributed by atoms with Crippen LogP contribution in [0.1, 0.15) is 12.0 Å². The van der Waals surface area contributed by atoms with E-state index in [-0.39, 0.29) is 12.5 Å². The van der Waals surface area contributed by atoms with Gasteiger partial charge in [-0.2, -0.15) is 0 Å². The van der Waals surface area contributed by atoms with Crippen molar-refractivity contribution in [1.82, 2.24) is 4.90 Å². The van der Waals surface area contributed by atoms with Gasteiger partial charge in [0.15, 0.2) is 0 Å². The van der Waals surface area contributed by atoms with Gasteiger partial charge in [-0.25, -0.2) is 4.39 Å². The molecule has 1 heterocycles. The zero-order valence-electron chi connectivity index (χ0n) is 9.48. The number of benzene rings is 1. The Labute approximate surface area is 96.2 Å². The molecule has 0 spiro atoms. The van der Waals surface area contributed by atoms with E-state index < -0.39 is 6.17 Å². The molecular formula is C13H19FN2. The van der Waals surface area contributed by atoms with Gasteiger partial charge in [-0.1, -0.05) is 30.3 Å². The molecule has 1 saturated heterocycles. The molecule has 0 amide bonds. The van der Waals surface area contributed by atoms with E-state index >= 15 is 0 Å². The van der Waals surface area contributed by atoms with Crippen molar-refractivity contribution in [3.05, 3.63) is 35.9 Å². The molecule has 0 radical (unpaired) electrons. The predicted molar refractivity (Wildman–Crippen MR) is 63.8 cm³/mol. The van der Waals surface area contributed by atoms with E-state index in [2.05, 4.69) is 17.0 Å². The van der Waals surface area contributed by atoms with Crippen molar-refractivity contribution in [2.75, 3.05) is 19.6 Å². The van der Waals surface area contributed by atoms with Gasteiger partial charge in [-0.15, -0.1) is 0 Å². The summed E-state index contributed by atoms with van der Waals surface area (Å²) >= 11 is 0. The van der Waals surface area contributed by atoms with Crippen LogP contribution in [0.4, 0.5) is 4.39 Å². The van der Waals surface area contributed by atoms with Crippen molar-refractivity contribution in [3.63, 3.8) is 0 Å². The van der Waals surface area contributed by atoms with Crippen LogP contribution in [0.15, 0.2) is 30.3 Å².